The third-order valence-corrected chi connectivity index (χ3v) is 2.51. The zero-order chi connectivity index (χ0) is 9.52. The highest BCUT2D eigenvalue weighted by Gasteiger charge is 2.13. The molecular formula is C10H21NO2. The first-order chi connectivity index (χ1) is 6.33. The van der Waals surface area contributed by atoms with E-state index >= 15 is 0 Å². The second kappa shape index (κ2) is 6.35. The largest absolute Gasteiger partial charge is 0.395 e. The normalized spacial score (nSPS) is 25.8. The molecule has 0 saturated carbocycles. The van der Waals surface area contributed by atoms with E-state index in [1.807, 2.05) is 6.92 Å². The highest BCUT2D eigenvalue weighted by atomic mass is 16.5. The van der Waals surface area contributed by atoms with E-state index in [2.05, 4.69) is 5.32 Å². The fourth-order valence-corrected chi connectivity index (χ4v) is 1.59. The van der Waals surface area contributed by atoms with Crippen LogP contribution in [0.3, 0.4) is 0 Å². The fourth-order valence-electron chi connectivity index (χ4n) is 1.59. The molecular weight excluding hydrogens is 166 g/mol. The molecule has 1 aliphatic heterocycles. The molecule has 0 amide bonds. The van der Waals surface area contributed by atoms with Crippen molar-refractivity contribution in [3.63, 3.8) is 0 Å². The van der Waals surface area contributed by atoms with Crippen LogP contribution < -0.4 is 5.32 Å². The Balaban J connectivity index is 1.98. The van der Waals surface area contributed by atoms with Crippen molar-refractivity contribution in [1.82, 2.24) is 5.32 Å². The molecule has 0 spiro atoms. The highest BCUT2D eigenvalue weighted by Crippen LogP contribution is 2.14. The van der Waals surface area contributed by atoms with Crippen molar-refractivity contribution >= 4 is 0 Å². The van der Waals surface area contributed by atoms with Crippen molar-refractivity contribution in [3.8, 4) is 0 Å². The van der Waals surface area contributed by atoms with Gasteiger partial charge >= 0.3 is 0 Å². The van der Waals surface area contributed by atoms with Gasteiger partial charge in [0.15, 0.2) is 0 Å². The molecule has 1 aliphatic rings. The zero-order valence-electron chi connectivity index (χ0n) is 8.46. The molecule has 13 heavy (non-hydrogen) atoms. The van der Waals surface area contributed by atoms with Gasteiger partial charge in [0.25, 0.3) is 0 Å². The van der Waals surface area contributed by atoms with Gasteiger partial charge in [-0.3, -0.25) is 0 Å². The molecule has 0 aliphatic carbocycles. The van der Waals surface area contributed by atoms with E-state index in [1.54, 1.807) is 0 Å². The predicted octanol–water partition coefficient (Wildman–Crippen LogP) is 0.916. The maximum Gasteiger partial charge on any atom is 0.0587 e. The standard InChI is InChI=1S/C10H21NO2/c1-9(8-12)11-6-5-10-4-2-3-7-13-10/h9-12H,2-8H2,1H3. The van der Waals surface area contributed by atoms with Gasteiger partial charge in [-0.2, -0.15) is 0 Å². The summed E-state index contributed by atoms with van der Waals surface area (Å²) in [4.78, 5) is 0. The topological polar surface area (TPSA) is 41.5 Å². The summed E-state index contributed by atoms with van der Waals surface area (Å²) in [6, 6.07) is 0.212. The molecule has 3 heteroatoms. The smallest absolute Gasteiger partial charge is 0.0587 e. The minimum atomic E-state index is 0.212. The van der Waals surface area contributed by atoms with Crippen LogP contribution in [0.4, 0.5) is 0 Å². The molecule has 0 aromatic heterocycles. The van der Waals surface area contributed by atoms with Crippen LogP contribution in [0.5, 0.6) is 0 Å². The van der Waals surface area contributed by atoms with Gasteiger partial charge in [0, 0.05) is 12.6 Å². The lowest BCUT2D eigenvalue weighted by Gasteiger charge is -2.23. The van der Waals surface area contributed by atoms with Crippen molar-refractivity contribution in [1.29, 1.82) is 0 Å². The van der Waals surface area contributed by atoms with Crippen LogP contribution in [0.1, 0.15) is 32.6 Å². The van der Waals surface area contributed by atoms with Crippen LogP contribution in [0, 0.1) is 0 Å². The lowest BCUT2D eigenvalue weighted by molar-refractivity contribution is 0.0110. The minimum absolute atomic E-state index is 0.212. The highest BCUT2D eigenvalue weighted by molar-refractivity contribution is 4.66. The van der Waals surface area contributed by atoms with E-state index in [0.717, 1.165) is 19.6 Å². The maximum atomic E-state index is 8.78. The molecule has 2 unspecified atom stereocenters. The summed E-state index contributed by atoms with van der Waals surface area (Å²) in [5, 5.41) is 12.0. The number of hydrogen-bond donors (Lipinski definition) is 2. The Bertz CT molecular complexity index is 124. The first-order valence-corrected chi connectivity index (χ1v) is 5.28. The molecule has 0 radical (unpaired) electrons. The summed E-state index contributed by atoms with van der Waals surface area (Å²) in [5.74, 6) is 0. The minimum Gasteiger partial charge on any atom is -0.395 e. The number of ether oxygens (including phenoxy) is 1. The molecule has 1 heterocycles. The van der Waals surface area contributed by atoms with Crippen LogP contribution >= 0.6 is 0 Å². The zero-order valence-corrected chi connectivity index (χ0v) is 8.46. The van der Waals surface area contributed by atoms with Gasteiger partial charge in [-0.25, -0.2) is 0 Å². The number of aliphatic hydroxyl groups excluding tert-OH is 1. The van der Waals surface area contributed by atoms with Gasteiger partial charge in [0.2, 0.25) is 0 Å². The first kappa shape index (κ1) is 11.0. The van der Waals surface area contributed by atoms with Gasteiger partial charge in [-0.15, -0.1) is 0 Å². The van der Waals surface area contributed by atoms with Gasteiger partial charge in [-0.05, 0) is 39.2 Å². The van der Waals surface area contributed by atoms with Crippen molar-refractivity contribution in [2.24, 2.45) is 0 Å². The van der Waals surface area contributed by atoms with E-state index in [0.29, 0.717) is 6.10 Å². The van der Waals surface area contributed by atoms with Crippen molar-refractivity contribution in [2.45, 2.75) is 44.8 Å². The average molecular weight is 187 g/mol. The molecule has 2 atom stereocenters. The monoisotopic (exact) mass is 187 g/mol. The molecule has 2 N–H and O–H groups in total. The summed E-state index contributed by atoms with van der Waals surface area (Å²) >= 11 is 0. The Labute approximate surface area is 80.5 Å². The van der Waals surface area contributed by atoms with Crippen LogP contribution in [-0.4, -0.2) is 37.0 Å². The molecule has 0 bridgehead atoms. The molecule has 0 aromatic carbocycles. The predicted molar refractivity (Wildman–Crippen MR) is 52.8 cm³/mol. The quantitative estimate of drug-likeness (QED) is 0.672. The van der Waals surface area contributed by atoms with Crippen LogP contribution in [0.25, 0.3) is 0 Å². The number of rotatable bonds is 5. The molecule has 1 rings (SSSR count). The number of hydrogen-bond acceptors (Lipinski definition) is 3. The van der Waals surface area contributed by atoms with Gasteiger partial charge in [0.05, 0.1) is 12.7 Å². The van der Waals surface area contributed by atoms with E-state index in [1.165, 1.54) is 19.3 Å². The van der Waals surface area contributed by atoms with Gasteiger partial charge in [0.1, 0.15) is 0 Å². The molecule has 3 nitrogen and oxygen atoms in total. The first-order valence-electron chi connectivity index (χ1n) is 5.28. The maximum absolute atomic E-state index is 8.78. The van der Waals surface area contributed by atoms with Crippen LogP contribution in [0.15, 0.2) is 0 Å². The summed E-state index contributed by atoms with van der Waals surface area (Å²) in [6.07, 6.45) is 5.25. The number of nitrogens with one attached hydrogen (secondary N) is 1. The van der Waals surface area contributed by atoms with E-state index in [9.17, 15) is 0 Å². The Hall–Kier alpha value is -0.120. The summed E-state index contributed by atoms with van der Waals surface area (Å²) in [6.45, 7) is 4.08. The molecule has 78 valence electrons. The fraction of sp³-hybridized carbons (Fsp3) is 1.00. The molecule has 1 fully saturated rings. The molecule has 0 aromatic rings. The van der Waals surface area contributed by atoms with Gasteiger partial charge < -0.3 is 15.2 Å². The van der Waals surface area contributed by atoms with E-state index < -0.39 is 0 Å². The third kappa shape index (κ3) is 4.60. The third-order valence-electron chi connectivity index (χ3n) is 2.51. The second-order valence-corrected chi connectivity index (χ2v) is 3.82. The van der Waals surface area contributed by atoms with Crippen molar-refractivity contribution in [2.75, 3.05) is 19.8 Å². The Morgan fingerprint density at radius 3 is 3.00 bits per heavy atom. The van der Waals surface area contributed by atoms with Crippen molar-refractivity contribution < 1.29 is 9.84 Å². The lowest BCUT2D eigenvalue weighted by Crippen LogP contribution is -2.33. The Morgan fingerprint density at radius 1 is 1.54 bits per heavy atom. The average Bonchev–Trinajstić information content (AvgIpc) is 2.19. The van der Waals surface area contributed by atoms with E-state index in [-0.39, 0.29) is 12.6 Å². The van der Waals surface area contributed by atoms with Crippen molar-refractivity contribution in [3.05, 3.63) is 0 Å². The van der Waals surface area contributed by atoms with Gasteiger partial charge in [-0.1, -0.05) is 0 Å². The van der Waals surface area contributed by atoms with E-state index in [4.69, 9.17) is 9.84 Å². The molecule has 1 saturated heterocycles. The van der Waals surface area contributed by atoms with Crippen LogP contribution in [-0.2, 0) is 4.74 Å². The Morgan fingerprint density at radius 2 is 2.38 bits per heavy atom. The lowest BCUT2D eigenvalue weighted by atomic mass is 10.1. The summed E-state index contributed by atoms with van der Waals surface area (Å²) in [7, 11) is 0. The summed E-state index contributed by atoms with van der Waals surface area (Å²) in [5.41, 5.74) is 0. The SMILES string of the molecule is CC(CO)NCCC1CCCCO1. The Kier molecular flexibility index (Phi) is 5.35. The second-order valence-electron chi connectivity index (χ2n) is 3.82. The van der Waals surface area contributed by atoms with Crippen LogP contribution in [0.2, 0.25) is 0 Å². The summed E-state index contributed by atoms with van der Waals surface area (Å²) < 4.78 is 5.59. The number of aliphatic hydroxyl groups is 1.